The fourth-order valence-electron chi connectivity index (χ4n) is 1.90. The first-order valence-corrected chi connectivity index (χ1v) is 5.48. The van der Waals surface area contributed by atoms with E-state index in [1.165, 1.54) is 0 Å². The van der Waals surface area contributed by atoms with Crippen molar-refractivity contribution in [2.24, 2.45) is 5.41 Å². The van der Waals surface area contributed by atoms with Crippen molar-refractivity contribution in [1.82, 2.24) is 10.5 Å². The molecule has 0 radical (unpaired) electrons. The molecule has 1 aromatic heterocycles. The van der Waals surface area contributed by atoms with E-state index in [1.807, 2.05) is 0 Å². The van der Waals surface area contributed by atoms with E-state index in [2.05, 4.69) is 10.5 Å². The Balaban J connectivity index is 1.88. The maximum absolute atomic E-state index is 11.6. The Morgan fingerprint density at radius 1 is 1.69 bits per heavy atom. The number of carbonyl (C=O) groups excluding carboxylic acids is 1. The predicted molar refractivity (Wildman–Crippen MR) is 56.9 cm³/mol. The molecule has 0 spiro atoms. The molecule has 1 fully saturated rings. The van der Waals surface area contributed by atoms with Gasteiger partial charge in [-0.3, -0.25) is 4.79 Å². The molecule has 2 N–H and O–H groups in total. The highest BCUT2D eigenvalue weighted by atomic mass is 16.5. The maximum Gasteiger partial charge on any atom is 0.273 e. The summed E-state index contributed by atoms with van der Waals surface area (Å²) in [6.07, 6.45) is 3.07. The van der Waals surface area contributed by atoms with Crippen molar-refractivity contribution in [3.8, 4) is 0 Å². The number of hydrogen-bond acceptors (Lipinski definition) is 4. The van der Waals surface area contributed by atoms with Crippen LogP contribution in [0.2, 0.25) is 0 Å². The van der Waals surface area contributed by atoms with Gasteiger partial charge >= 0.3 is 0 Å². The standard InChI is InChI=1S/C11H16N2O3/c1-8-5-9(13-16-8)10(15)12-6-11(7-14)3-2-4-11/h5,14H,2-4,6-7H2,1H3,(H,12,15). The van der Waals surface area contributed by atoms with Gasteiger partial charge in [0, 0.05) is 18.0 Å². The molecular weight excluding hydrogens is 208 g/mol. The minimum Gasteiger partial charge on any atom is -0.396 e. The van der Waals surface area contributed by atoms with Crippen LogP contribution in [-0.2, 0) is 0 Å². The van der Waals surface area contributed by atoms with Crippen LogP contribution in [-0.4, -0.2) is 29.3 Å². The second-order valence-electron chi connectivity index (χ2n) is 4.52. The molecule has 1 saturated carbocycles. The summed E-state index contributed by atoms with van der Waals surface area (Å²) >= 11 is 0. The SMILES string of the molecule is Cc1cc(C(=O)NCC2(CO)CCC2)no1. The highest BCUT2D eigenvalue weighted by Gasteiger charge is 2.36. The van der Waals surface area contributed by atoms with Gasteiger partial charge in [0.25, 0.3) is 5.91 Å². The monoisotopic (exact) mass is 224 g/mol. The van der Waals surface area contributed by atoms with Crippen LogP contribution in [0.3, 0.4) is 0 Å². The molecule has 0 bridgehead atoms. The number of aliphatic hydroxyl groups is 1. The fourth-order valence-corrected chi connectivity index (χ4v) is 1.90. The molecule has 1 amide bonds. The molecule has 1 aromatic rings. The third-order valence-electron chi connectivity index (χ3n) is 3.23. The molecule has 1 aliphatic carbocycles. The first-order valence-electron chi connectivity index (χ1n) is 5.48. The number of nitrogens with one attached hydrogen (secondary N) is 1. The van der Waals surface area contributed by atoms with Gasteiger partial charge in [-0.1, -0.05) is 11.6 Å². The highest BCUT2D eigenvalue weighted by Crippen LogP contribution is 2.39. The lowest BCUT2D eigenvalue weighted by atomic mass is 9.69. The zero-order valence-corrected chi connectivity index (χ0v) is 9.32. The van der Waals surface area contributed by atoms with Crippen molar-refractivity contribution in [2.75, 3.05) is 13.2 Å². The maximum atomic E-state index is 11.6. The summed E-state index contributed by atoms with van der Waals surface area (Å²) in [6.45, 7) is 2.38. The van der Waals surface area contributed by atoms with Crippen LogP contribution in [0.4, 0.5) is 0 Å². The summed E-state index contributed by atoms with van der Waals surface area (Å²) in [5.41, 5.74) is 0.193. The average molecular weight is 224 g/mol. The molecule has 5 heteroatoms. The van der Waals surface area contributed by atoms with Gasteiger partial charge in [-0.2, -0.15) is 0 Å². The van der Waals surface area contributed by atoms with Gasteiger partial charge in [0.15, 0.2) is 5.69 Å². The molecule has 0 aromatic carbocycles. The molecule has 1 aliphatic rings. The second kappa shape index (κ2) is 4.25. The summed E-state index contributed by atoms with van der Waals surface area (Å²) < 4.78 is 4.82. The minimum atomic E-state index is -0.239. The molecule has 88 valence electrons. The Labute approximate surface area is 93.8 Å². The third-order valence-corrected chi connectivity index (χ3v) is 3.23. The number of carbonyl (C=O) groups is 1. The Morgan fingerprint density at radius 3 is 2.88 bits per heavy atom. The number of nitrogens with zero attached hydrogens (tertiary/aromatic N) is 1. The van der Waals surface area contributed by atoms with Crippen LogP contribution in [0, 0.1) is 12.3 Å². The summed E-state index contributed by atoms with van der Waals surface area (Å²) in [4.78, 5) is 11.6. The number of rotatable bonds is 4. The van der Waals surface area contributed by atoms with Crippen LogP contribution >= 0.6 is 0 Å². The van der Waals surface area contributed by atoms with Gasteiger partial charge in [0.05, 0.1) is 6.61 Å². The number of amides is 1. The van der Waals surface area contributed by atoms with E-state index in [9.17, 15) is 9.90 Å². The van der Waals surface area contributed by atoms with E-state index in [1.54, 1.807) is 13.0 Å². The van der Waals surface area contributed by atoms with Gasteiger partial charge in [-0.05, 0) is 19.8 Å². The minimum absolute atomic E-state index is 0.103. The normalized spacial score (nSPS) is 17.9. The number of hydrogen-bond donors (Lipinski definition) is 2. The molecule has 2 rings (SSSR count). The van der Waals surface area contributed by atoms with E-state index in [0.29, 0.717) is 18.0 Å². The van der Waals surface area contributed by atoms with E-state index >= 15 is 0 Å². The van der Waals surface area contributed by atoms with Crippen LogP contribution in [0.15, 0.2) is 10.6 Å². The fraction of sp³-hybridized carbons (Fsp3) is 0.636. The molecular formula is C11H16N2O3. The zero-order chi connectivity index (χ0) is 11.6. The summed E-state index contributed by atoms with van der Waals surface area (Å²) in [6, 6.07) is 1.60. The van der Waals surface area contributed by atoms with Gasteiger partial charge in [0.1, 0.15) is 5.76 Å². The molecule has 0 saturated heterocycles. The lowest BCUT2D eigenvalue weighted by molar-refractivity contribution is 0.0427. The number of aliphatic hydroxyl groups excluding tert-OH is 1. The largest absolute Gasteiger partial charge is 0.396 e. The first-order chi connectivity index (χ1) is 7.65. The Bertz CT molecular complexity index is 377. The van der Waals surface area contributed by atoms with Crippen LogP contribution in [0.5, 0.6) is 0 Å². The lowest BCUT2D eigenvalue weighted by Gasteiger charge is -2.40. The lowest BCUT2D eigenvalue weighted by Crippen LogP contribution is -2.44. The van der Waals surface area contributed by atoms with Crippen molar-refractivity contribution in [3.05, 3.63) is 17.5 Å². The topological polar surface area (TPSA) is 75.4 Å². The number of aromatic nitrogens is 1. The van der Waals surface area contributed by atoms with E-state index < -0.39 is 0 Å². The van der Waals surface area contributed by atoms with Crippen molar-refractivity contribution in [1.29, 1.82) is 0 Å². The smallest absolute Gasteiger partial charge is 0.273 e. The predicted octanol–water partition coefficient (Wildman–Crippen LogP) is 0.875. The molecule has 0 atom stereocenters. The van der Waals surface area contributed by atoms with Crippen molar-refractivity contribution in [3.63, 3.8) is 0 Å². The molecule has 16 heavy (non-hydrogen) atoms. The average Bonchev–Trinajstić information content (AvgIpc) is 2.64. The summed E-state index contributed by atoms with van der Waals surface area (Å²) in [7, 11) is 0. The van der Waals surface area contributed by atoms with E-state index in [4.69, 9.17) is 4.52 Å². The Morgan fingerprint density at radius 2 is 2.44 bits per heavy atom. The number of aryl methyl sites for hydroxylation is 1. The molecule has 0 unspecified atom stereocenters. The van der Waals surface area contributed by atoms with E-state index in [0.717, 1.165) is 19.3 Å². The molecule has 5 nitrogen and oxygen atoms in total. The third kappa shape index (κ3) is 2.09. The quantitative estimate of drug-likeness (QED) is 0.796. The summed E-state index contributed by atoms with van der Waals surface area (Å²) in [5, 5.41) is 15.7. The first kappa shape index (κ1) is 11.1. The van der Waals surface area contributed by atoms with Crippen LogP contribution in [0.25, 0.3) is 0 Å². The van der Waals surface area contributed by atoms with Crippen molar-refractivity contribution in [2.45, 2.75) is 26.2 Å². The van der Waals surface area contributed by atoms with Gasteiger partial charge < -0.3 is 14.9 Å². The molecule has 1 heterocycles. The van der Waals surface area contributed by atoms with Crippen molar-refractivity contribution >= 4 is 5.91 Å². The van der Waals surface area contributed by atoms with Crippen LogP contribution < -0.4 is 5.32 Å². The van der Waals surface area contributed by atoms with Crippen LogP contribution in [0.1, 0.15) is 35.5 Å². The summed E-state index contributed by atoms with van der Waals surface area (Å²) in [5.74, 6) is 0.377. The second-order valence-corrected chi connectivity index (χ2v) is 4.52. The highest BCUT2D eigenvalue weighted by molar-refractivity contribution is 5.92. The van der Waals surface area contributed by atoms with E-state index in [-0.39, 0.29) is 17.9 Å². The Hall–Kier alpha value is -1.36. The zero-order valence-electron chi connectivity index (χ0n) is 9.32. The molecule has 0 aliphatic heterocycles. The van der Waals surface area contributed by atoms with Gasteiger partial charge in [-0.15, -0.1) is 0 Å². The van der Waals surface area contributed by atoms with Crippen molar-refractivity contribution < 1.29 is 14.4 Å². The van der Waals surface area contributed by atoms with Gasteiger partial charge in [-0.25, -0.2) is 0 Å². The Kier molecular flexibility index (Phi) is 2.96. The van der Waals surface area contributed by atoms with Gasteiger partial charge in [0.2, 0.25) is 0 Å².